The van der Waals surface area contributed by atoms with E-state index in [9.17, 15) is 9.90 Å². The predicted molar refractivity (Wildman–Crippen MR) is 61.3 cm³/mol. The summed E-state index contributed by atoms with van der Waals surface area (Å²) in [6.45, 7) is 1.90. The van der Waals surface area contributed by atoms with E-state index in [1.807, 2.05) is 6.92 Å². The van der Waals surface area contributed by atoms with E-state index >= 15 is 0 Å². The molecule has 0 aromatic carbocycles. The lowest BCUT2D eigenvalue weighted by atomic mass is 9.98. The van der Waals surface area contributed by atoms with E-state index < -0.39 is 0 Å². The summed E-state index contributed by atoms with van der Waals surface area (Å²) in [5, 5.41) is 12.4. The number of amides is 1. The van der Waals surface area contributed by atoms with E-state index in [1.165, 1.54) is 0 Å². The maximum atomic E-state index is 12.0. The second-order valence-corrected chi connectivity index (χ2v) is 4.62. The van der Waals surface area contributed by atoms with Crippen molar-refractivity contribution in [2.24, 2.45) is 0 Å². The first kappa shape index (κ1) is 11.2. The largest absolute Gasteiger partial charge is 0.394 e. The van der Waals surface area contributed by atoms with Crippen LogP contribution in [0.4, 0.5) is 0 Å². The second kappa shape index (κ2) is 4.29. The highest BCUT2D eigenvalue weighted by Gasteiger charge is 2.35. The van der Waals surface area contributed by atoms with Crippen LogP contribution in [0.15, 0.2) is 12.3 Å². The Morgan fingerprint density at radius 3 is 2.75 bits per heavy atom. The first-order valence-electron chi connectivity index (χ1n) is 5.74. The Hall–Kier alpha value is -1.29. The molecule has 1 aliphatic rings. The third kappa shape index (κ3) is 1.97. The molecular weight excluding hydrogens is 204 g/mol. The molecule has 1 heterocycles. The van der Waals surface area contributed by atoms with E-state index in [1.54, 1.807) is 12.3 Å². The fourth-order valence-electron chi connectivity index (χ4n) is 2.38. The minimum absolute atomic E-state index is 0.0300. The summed E-state index contributed by atoms with van der Waals surface area (Å²) in [5.74, 6) is -0.0882. The zero-order valence-corrected chi connectivity index (χ0v) is 9.55. The summed E-state index contributed by atoms with van der Waals surface area (Å²) in [5.41, 5.74) is 1.14. The van der Waals surface area contributed by atoms with Gasteiger partial charge in [-0.25, -0.2) is 0 Å². The number of hydrogen-bond donors (Lipinski definition) is 3. The molecular formula is C12H18N2O2. The third-order valence-electron chi connectivity index (χ3n) is 3.44. The van der Waals surface area contributed by atoms with Crippen molar-refractivity contribution in [1.29, 1.82) is 0 Å². The number of aliphatic hydroxyl groups excluding tert-OH is 1. The smallest absolute Gasteiger partial charge is 0.253 e. The second-order valence-electron chi connectivity index (χ2n) is 4.62. The number of aryl methyl sites for hydroxylation is 1. The Balaban J connectivity index is 2.09. The van der Waals surface area contributed by atoms with Crippen molar-refractivity contribution in [3.8, 4) is 0 Å². The number of aliphatic hydroxyl groups is 1. The average Bonchev–Trinajstić information content (AvgIpc) is 2.87. The maximum Gasteiger partial charge on any atom is 0.253 e. The standard InChI is InChI=1S/C12H18N2O2/c1-9-10(4-7-13-9)11(16)14-12(8-15)5-2-3-6-12/h4,7,13,15H,2-3,5-6,8H2,1H3,(H,14,16). The number of carbonyl (C=O) groups is 1. The van der Waals surface area contributed by atoms with Gasteiger partial charge in [0.25, 0.3) is 5.91 Å². The van der Waals surface area contributed by atoms with E-state index in [2.05, 4.69) is 10.3 Å². The first-order valence-corrected chi connectivity index (χ1v) is 5.74. The lowest BCUT2D eigenvalue weighted by Crippen LogP contribution is -2.49. The number of nitrogens with one attached hydrogen (secondary N) is 2. The lowest BCUT2D eigenvalue weighted by molar-refractivity contribution is 0.0838. The highest BCUT2D eigenvalue weighted by molar-refractivity contribution is 5.95. The molecule has 0 spiro atoms. The van der Waals surface area contributed by atoms with Gasteiger partial charge in [0.2, 0.25) is 0 Å². The molecule has 88 valence electrons. The summed E-state index contributed by atoms with van der Waals surface area (Å²) in [4.78, 5) is 15.0. The number of carbonyl (C=O) groups excluding carboxylic acids is 1. The minimum atomic E-state index is -0.388. The SMILES string of the molecule is Cc1[nH]ccc1C(=O)NC1(CO)CCCC1. The van der Waals surface area contributed by atoms with Gasteiger partial charge in [0.15, 0.2) is 0 Å². The van der Waals surface area contributed by atoms with Crippen molar-refractivity contribution in [2.75, 3.05) is 6.61 Å². The summed E-state index contributed by atoms with van der Waals surface area (Å²) < 4.78 is 0. The Morgan fingerprint density at radius 1 is 1.56 bits per heavy atom. The van der Waals surface area contributed by atoms with Crippen LogP contribution >= 0.6 is 0 Å². The monoisotopic (exact) mass is 222 g/mol. The van der Waals surface area contributed by atoms with E-state index in [4.69, 9.17) is 0 Å². The fourth-order valence-corrected chi connectivity index (χ4v) is 2.38. The van der Waals surface area contributed by atoms with Crippen molar-refractivity contribution in [3.63, 3.8) is 0 Å². The third-order valence-corrected chi connectivity index (χ3v) is 3.44. The van der Waals surface area contributed by atoms with E-state index in [0.29, 0.717) is 5.56 Å². The molecule has 0 saturated heterocycles. The first-order chi connectivity index (χ1) is 7.67. The normalized spacial score (nSPS) is 18.6. The molecule has 1 aliphatic carbocycles. The minimum Gasteiger partial charge on any atom is -0.394 e. The summed E-state index contributed by atoms with van der Waals surface area (Å²) in [6, 6.07) is 1.77. The maximum absolute atomic E-state index is 12.0. The molecule has 16 heavy (non-hydrogen) atoms. The van der Waals surface area contributed by atoms with Gasteiger partial charge < -0.3 is 15.4 Å². The molecule has 0 radical (unpaired) electrons. The lowest BCUT2D eigenvalue weighted by Gasteiger charge is -2.27. The number of H-pyrrole nitrogens is 1. The molecule has 0 aliphatic heterocycles. The van der Waals surface area contributed by atoms with E-state index in [-0.39, 0.29) is 18.1 Å². The Morgan fingerprint density at radius 2 is 2.25 bits per heavy atom. The predicted octanol–water partition coefficient (Wildman–Crippen LogP) is 1.36. The van der Waals surface area contributed by atoms with Crippen molar-refractivity contribution in [1.82, 2.24) is 10.3 Å². The van der Waals surface area contributed by atoms with Crippen molar-refractivity contribution >= 4 is 5.91 Å². The fraction of sp³-hybridized carbons (Fsp3) is 0.583. The summed E-state index contributed by atoms with van der Waals surface area (Å²) in [7, 11) is 0. The van der Waals surface area contributed by atoms with Gasteiger partial charge in [-0.1, -0.05) is 12.8 Å². The van der Waals surface area contributed by atoms with Gasteiger partial charge in [-0.05, 0) is 25.8 Å². The zero-order chi connectivity index (χ0) is 11.6. The van der Waals surface area contributed by atoms with Crippen LogP contribution in [-0.4, -0.2) is 28.1 Å². The quantitative estimate of drug-likeness (QED) is 0.723. The van der Waals surface area contributed by atoms with Gasteiger partial charge in [0.05, 0.1) is 17.7 Å². The van der Waals surface area contributed by atoms with Gasteiger partial charge in [0.1, 0.15) is 0 Å². The molecule has 2 rings (SSSR count). The van der Waals surface area contributed by atoms with Gasteiger partial charge in [0, 0.05) is 11.9 Å². The molecule has 1 aromatic heterocycles. The van der Waals surface area contributed by atoms with Crippen LogP contribution in [0.1, 0.15) is 41.7 Å². The molecule has 1 saturated carbocycles. The summed E-state index contributed by atoms with van der Waals surface area (Å²) in [6.07, 6.45) is 5.65. The van der Waals surface area contributed by atoms with Crippen LogP contribution in [0, 0.1) is 6.92 Å². The van der Waals surface area contributed by atoms with Crippen LogP contribution in [0.25, 0.3) is 0 Å². The number of hydrogen-bond acceptors (Lipinski definition) is 2. The molecule has 4 nitrogen and oxygen atoms in total. The molecule has 1 fully saturated rings. The highest BCUT2D eigenvalue weighted by Crippen LogP contribution is 2.29. The van der Waals surface area contributed by atoms with Crippen molar-refractivity contribution in [3.05, 3.63) is 23.5 Å². The highest BCUT2D eigenvalue weighted by atomic mass is 16.3. The van der Waals surface area contributed by atoms with Crippen LogP contribution in [-0.2, 0) is 0 Å². The molecule has 1 amide bonds. The van der Waals surface area contributed by atoms with E-state index in [0.717, 1.165) is 31.4 Å². The topological polar surface area (TPSA) is 65.1 Å². The molecule has 1 aromatic rings. The van der Waals surface area contributed by atoms with Gasteiger partial charge >= 0.3 is 0 Å². The molecule has 0 atom stereocenters. The Bertz CT molecular complexity index is 378. The number of rotatable bonds is 3. The van der Waals surface area contributed by atoms with Crippen LogP contribution in [0.5, 0.6) is 0 Å². The molecule has 4 heteroatoms. The molecule has 0 unspecified atom stereocenters. The van der Waals surface area contributed by atoms with Crippen molar-refractivity contribution < 1.29 is 9.90 Å². The average molecular weight is 222 g/mol. The van der Waals surface area contributed by atoms with Crippen LogP contribution in [0.3, 0.4) is 0 Å². The Labute approximate surface area is 95.1 Å². The van der Waals surface area contributed by atoms with Crippen LogP contribution < -0.4 is 5.32 Å². The molecule has 3 N–H and O–H groups in total. The van der Waals surface area contributed by atoms with Gasteiger partial charge in [-0.2, -0.15) is 0 Å². The zero-order valence-electron chi connectivity index (χ0n) is 9.55. The number of aromatic nitrogens is 1. The summed E-state index contributed by atoms with van der Waals surface area (Å²) >= 11 is 0. The van der Waals surface area contributed by atoms with Gasteiger partial charge in [-0.15, -0.1) is 0 Å². The van der Waals surface area contributed by atoms with Gasteiger partial charge in [-0.3, -0.25) is 4.79 Å². The molecule has 0 bridgehead atoms. The van der Waals surface area contributed by atoms with Crippen molar-refractivity contribution in [2.45, 2.75) is 38.1 Å². The number of aromatic amines is 1. The van der Waals surface area contributed by atoms with Crippen LogP contribution in [0.2, 0.25) is 0 Å². The Kier molecular flexibility index (Phi) is 3.01.